The van der Waals surface area contributed by atoms with Gasteiger partial charge < -0.3 is 9.84 Å². The molecular formula is C14H27NO3. The van der Waals surface area contributed by atoms with Gasteiger partial charge in [0.25, 0.3) is 0 Å². The van der Waals surface area contributed by atoms with Gasteiger partial charge in [-0.05, 0) is 45.2 Å². The predicted molar refractivity (Wildman–Crippen MR) is 71.3 cm³/mol. The van der Waals surface area contributed by atoms with Crippen molar-refractivity contribution in [2.75, 3.05) is 26.7 Å². The molecule has 1 fully saturated rings. The van der Waals surface area contributed by atoms with Crippen LogP contribution in [0.1, 0.15) is 46.0 Å². The van der Waals surface area contributed by atoms with E-state index >= 15 is 0 Å². The number of carbonyl (C=O) groups excluding carboxylic acids is 1. The summed E-state index contributed by atoms with van der Waals surface area (Å²) in [7, 11) is 1.32. The first-order chi connectivity index (χ1) is 8.49. The summed E-state index contributed by atoms with van der Waals surface area (Å²) in [5, 5.41) is 10.1. The third-order valence-corrected chi connectivity index (χ3v) is 3.79. The number of ether oxygens (including phenoxy) is 1. The Kier molecular flexibility index (Phi) is 6.09. The average molecular weight is 257 g/mol. The minimum atomic E-state index is -1.39. The summed E-state index contributed by atoms with van der Waals surface area (Å²) in [6, 6.07) is 0. The molecule has 0 radical (unpaired) electrons. The Hall–Kier alpha value is -0.610. The normalized spacial score (nSPS) is 25.2. The molecule has 4 nitrogen and oxygen atoms in total. The number of methoxy groups -OCH3 is 1. The van der Waals surface area contributed by atoms with Crippen LogP contribution in [0.15, 0.2) is 0 Å². The summed E-state index contributed by atoms with van der Waals surface area (Å²) in [6.45, 7) is 6.07. The number of carbonyl (C=O) groups is 1. The molecule has 1 aliphatic rings. The molecule has 1 rings (SSSR count). The van der Waals surface area contributed by atoms with Crippen LogP contribution in [0.25, 0.3) is 0 Å². The van der Waals surface area contributed by atoms with E-state index in [1.54, 1.807) is 0 Å². The van der Waals surface area contributed by atoms with Gasteiger partial charge in [0.1, 0.15) is 0 Å². The Labute approximate surface area is 110 Å². The Morgan fingerprint density at radius 1 is 1.44 bits per heavy atom. The highest BCUT2D eigenvalue weighted by Gasteiger charge is 2.34. The number of likely N-dealkylation sites (tertiary alicyclic amines) is 1. The highest BCUT2D eigenvalue weighted by molar-refractivity contribution is 5.78. The highest BCUT2D eigenvalue weighted by atomic mass is 16.5. The zero-order valence-corrected chi connectivity index (χ0v) is 11.9. The zero-order chi connectivity index (χ0) is 13.6. The monoisotopic (exact) mass is 257 g/mol. The number of aliphatic hydroxyl groups is 1. The molecule has 1 aliphatic heterocycles. The van der Waals surface area contributed by atoms with E-state index in [1.165, 1.54) is 39.7 Å². The van der Waals surface area contributed by atoms with Crippen LogP contribution in [-0.2, 0) is 9.53 Å². The van der Waals surface area contributed by atoms with Crippen LogP contribution < -0.4 is 0 Å². The van der Waals surface area contributed by atoms with Gasteiger partial charge in [-0.1, -0.05) is 19.8 Å². The molecule has 0 aliphatic carbocycles. The predicted octanol–water partition coefficient (Wildman–Crippen LogP) is 1.81. The molecule has 18 heavy (non-hydrogen) atoms. The second-order valence-corrected chi connectivity index (χ2v) is 5.63. The summed E-state index contributed by atoms with van der Waals surface area (Å²) >= 11 is 0. The first-order valence-electron chi connectivity index (χ1n) is 7.02. The van der Waals surface area contributed by atoms with Crippen LogP contribution in [0.5, 0.6) is 0 Å². The summed E-state index contributed by atoms with van der Waals surface area (Å²) in [5.41, 5.74) is -1.39. The van der Waals surface area contributed by atoms with Crippen molar-refractivity contribution in [2.24, 2.45) is 5.92 Å². The van der Waals surface area contributed by atoms with Crippen molar-refractivity contribution in [3.63, 3.8) is 0 Å². The summed E-state index contributed by atoms with van der Waals surface area (Å²) in [4.78, 5) is 13.6. The molecule has 2 unspecified atom stereocenters. The van der Waals surface area contributed by atoms with Gasteiger partial charge in [-0.15, -0.1) is 0 Å². The average Bonchev–Trinajstić information content (AvgIpc) is 2.54. The van der Waals surface area contributed by atoms with Gasteiger partial charge in [-0.25, -0.2) is 4.79 Å². The van der Waals surface area contributed by atoms with E-state index in [4.69, 9.17) is 0 Å². The van der Waals surface area contributed by atoms with Crippen LogP contribution in [0.3, 0.4) is 0 Å². The van der Waals surface area contributed by atoms with Crippen LogP contribution in [0, 0.1) is 5.92 Å². The van der Waals surface area contributed by atoms with Gasteiger partial charge >= 0.3 is 5.97 Å². The molecule has 0 aromatic carbocycles. The van der Waals surface area contributed by atoms with E-state index in [-0.39, 0.29) is 0 Å². The van der Waals surface area contributed by atoms with Crippen molar-refractivity contribution in [1.29, 1.82) is 0 Å². The lowest BCUT2D eigenvalue weighted by Gasteiger charge is -2.28. The fourth-order valence-electron chi connectivity index (χ4n) is 2.80. The molecule has 1 saturated heterocycles. The lowest BCUT2D eigenvalue weighted by Crippen LogP contribution is -2.47. The molecule has 0 aromatic rings. The Morgan fingerprint density at radius 3 is 2.78 bits per heavy atom. The molecule has 0 saturated carbocycles. The SMILES string of the molecule is CCCC1CCCN(CC(C)(O)C(=O)OC)CC1. The zero-order valence-electron chi connectivity index (χ0n) is 11.9. The van der Waals surface area contributed by atoms with Gasteiger partial charge in [0.05, 0.1) is 7.11 Å². The lowest BCUT2D eigenvalue weighted by molar-refractivity contribution is -0.162. The third-order valence-electron chi connectivity index (χ3n) is 3.79. The molecule has 1 N–H and O–H groups in total. The van der Waals surface area contributed by atoms with E-state index in [1.807, 2.05) is 0 Å². The first kappa shape index (κ1) is 15.4. The third kappa shape index (κ3) is 4.58. The molecule has 1 heterocycles. The second-order valence-electron chi connectivity index (χ2n) is 5.63. The minimum absolute atomic E-state index is 0.374. The molecule has 0 aromatic heterocycles. The summed E-state index contributed by atoms with van der Waals surface area (Å²) in [5.74, 6) is 0.264. The molecule has 0 spiro atoms. The fraction of sp³-hybridized carbons (Fsp3) is 0.929. The van der Waals surface area contributed by atoms with Crippen LogP contribution in [0.2, 0.25) is 0 Å². The number of rotatable bonds is 5. The molecule has 0 bridgehead atoms. The second kappa shape index (κ2) is 7.10. The van der Waals surface area contributed by atoms with Gasteiger partial charge in [0, 0.05) is 6.54 Å². The molecule has 106 valence electrons. The minimum Gasteiger partial charge on any atom is -0.467 e. The fourth-order valence-corrected chi connectivity index (χ4v) is 2.80. The Morgan fingerprint density at radius 2 is 2.17 bits per heavy atom. The Bertz CT molecular complexity index is 266. The van der Waals surface area contributed by atoms with Crippen LogP contribution in [-0.4, -0.2) is 48.3 Å². The van der Waals surface area contributed by atoms with Crippen LogP contribution in [0.4, 0.5) is 0 Å². The number of hydrogen-bond acceptors (Lipinski definition) is 4. The molecule has 0 amide bonds. The van der Waals surface area contributed by atoms with Crippen molar-refractivity contribution < 1.29 is 14.6 Å². The summed E-state index contributed by atoms with van der Waals surface area (Å²) < 4.78 is 4.63. The van der Waals surface area contributed by atoms with Gasteiger partial charge in [0.15, 0.2) is 5.60 Å². The van der Waals surface area contributed by atoms with Crippen LogP contribution >= 0.6 is 0 Å². The largest absolute Gasteiger partial charge is 0.467 e. The molecule has 2 atom stereocenters. The van der Waals surface area contributed by atoms with Crippen molar-refractivity contribution in [2.45, 2.75) is 51.6 Å². The Balaban J connectivity index is 2.46. The van der Waals surface area contributed by atoms with E-state index in [9.17, 15) is 9.90 Å². The van der Waals surface area contributed by atoms with Gasteiger partial charge in [-0.3, -0.25) is 4.90 Å². The van der Waals surface area contributed by atoms with Crippen molar-refractivity contribution in [3.8, 4) is 0 Å². The quantitative estimate of drug-likeness (QED) is 0.763. The van der Waals surface area contributed by atoms with Gasteiger partial charge in [0.2, 0.25) is 0 Å². The number of esters is 1. The van der Waals surface area contributed by atoms with E-state index in [2.05, 4.69) is 16.6 Å². The van der Waals surface area contributed by atoms with Crippen molar-refractivity contribution in [1.82, 2.24) is 4.90 Å². The lowest BCUT2D eigenvalue weighted by atomic mass is 9.96. The first-order valence-corrected chi connectivity index (χ1v) is 7.02. The number of β-amino-alcohol motifs (C(OH)–C–C–N with tert-alkyl or cyclic N) is 1. The van der Waals surface area contributed by atoms with E-state index < -0.39 is 11.6 Å². The number of nitrogens with zero attached hydrogens (tertiary/aromatic N) is 1. The topological polar surface area (TPSA) is 49.8 Å². The highest BCUT2D eigenvalue weighted by Crippen LogP contribution is 2.23. The van der Waals surface area contributed by atoms with E-state index in [0.29, 0.717) is 6.54 Å². The molecular weight excluding hydrogens is 230 g/mol. The maximum atomic E-state index is 11.5. The standard InChI is InChI=1S/C14H27NO3/c1-4-6-12-7-5-9-15(10-8-12)11-14(2,17)13(16)18-3/h12,17H,4-11H2,1-3H3. The smallest absolute Gasteiger partial charge is 0.338 e. The van der Waals surface area contributed by atoms with Gasteiger partial charge in [-0.2, -0.15) is 0 Å². The van der Waals surface area contributed by atoms with Crippen molar-refractivity contribution in [3.05, 3.63) is 0 Å². The molecule has 4 heteroatoms. The van der Waals surface area contributed by atoms with E-state index in [0.717, 1.165) is 25.4 Å². The maximum Gasteiger partial charge on any atom is 0.338 e. The number of hydrogen-bond donors (Lipinski definition) is 1. The van der Waals surface area contributed by atoms with Crippen molar-refractivity contribution >= 4 is 5.97 Å². The maximum absolute atomic E-state index is 11.5. The summed E-state index contributed by atoms with van der Waals surface area (Å²) in [6.07, 6.45) is 6.13.